The van der Waals surface area contributed by atoms with E-state index in [1.807, 2.05) is 61.5 Å². The van der Waals surface area contributed by atoms with Crippen LogP contribution in [0.25, 0.3) is 22.4 Å². The standard InChI is InChI=1S/C25H29N3O4/c1-17-22(18-9-5-3-6-10-18)24(25(30)26-16-8-4-7-11-21(29)28-31)27-23(17)19-12-14-20(32-2)15-13-19/h3,5-6,9-10,12-15,27,31H,4,7-8,11,16H2,1-2H3,(H,26,30)(H,28,29). The molecule has 1 aromatic heterocycles. The van der Waals surface area contributed by atoms with Gasteiger partial charge in [-0.15, -0.1) is 0 Å². The normalized spacial score (nSPS) is 10.6. The number of unbranched alkanes of at least 4 members (excludes halogenated alkanes) is 2. The van der Waals surface area contributed by atoms with Crippen LogP contribution in [0, 0.1) is 6.92 Å². The maximum atomic E-state index is 13.1. The molecule has 0 aliphatic heterocycles. The Morgan fingerprint density at radius 1 is 0.969 bits per heavy atom. The summed E-state index contributed by atoms with van der Waals surface area (Å²) in [4.78, 5) is 27.5. The molecule has 0 atom stereocenters. The second-order valence-electron chi connectivity index (χ2n) is 7.57. The number of amides is 2. The number of hydroxylamine groups is 1. The van der Waals surface area contributed by atoms with Gasteiger partial charge in [0.1, 0.15) is 11.4 Å². The Kier molecular flexibility index (Phi) is 8.05. The van der Waals surface area contributed by atoms with E-state index in [4.69, 9.17) is 9.94 Å². The van der Waals surface area contributed by atoms with E-state index in [0.717, 1.165) is 46.5 Å². The minimum Gasteiger partial charge on any atom is -0.497 e. The first-order valence-corrected chi connectivity index (χ1v) is 10.7. The third-order valence-electron chi connectivity index (χ3n) is 5.41. The summed E-state index contributed by atoms with van der Waals surface area (Å²) < 4.78 is 5.25. The summed E-state index contributed by atoms with van der Waals surface area (Å²) >= 11 is 0. The van der Waals surface area contributed by atoms with Gasteiger partial charge in [-0.25, -0.2) is 5.48 Å². The number of ether oxygens (including phenoxy) is 1. The minimum atomic E-state index is -0.394. The van der Waals surface area contributed by atoms with Crippen molar-refractivity contribution in [1.82, 2.24) is 15.8 Å². The summed E-state index contributed by atoms with van der Waals surface area (Å²) in [7, 11) is 1.63. The number of methoxy groups -OCH3 is 1. The number of H-pyrrole nitrogens is 1. The largest absolute Gasteiger partial charge is 0.497 e. The summed E-state index contributed by atoms with van der Waals surface area (Å²) in [5, 5.41) is 11.5. The highest BCUT2D eigenvalue weighted by atomic mass is 16.5. The average Bonchev–Trinajstić information content (AvgIpc) is 3.18. The summed E-state index contributed by atoms with van der Waals surface area (Å²) in [6, 6.07) is 17.6. The van der Waals surface area contributed by atoms with Crippen molar-refractivity contribution in [2.24, 2.45) is 0 Å². The number of nitrogens with one attached hydrogen (secondary N) is 3. The zero-order valence-corrected chi connectivity index (χ0v) is 18.4. The first-order valence-electron chi connectivity index (χ1n) is 10.7. The minimum absolute atomic E-state index is 0.167. The highest BCUT2D eigenvalue weighted by molar-refractivity contribution is 6.02. The molecule has 0 radical (unpaired) electrons. The number of carbonyl (C=O) groups is 2. The molecule has 0 spiro atoms. The number of aromatic nitrogens is 1. The van der Waals surface area contributed by atoms with E-state index in [1.54, 1.807) is 12.6 Å². The number of rotatable bonds is 10. The summed E-state index contributed by atoms with van der Waals surface area (Å²) in [6.07, 6.45) is 2.45. The average molecular weight is 436 g/mol. The van der Waals surface area contributed by atoms with Crippen molar-refractivity contribution in [2.45, 2.75) is 32.6 Å². The first kappa shape index (κ1) is 23.1. The van der Waals surface area contributed by atoms with E-state index < -0.39 is 5.91 Å². The Hall–Kier alpha value is -3.58. The summed E-state index contributed by atoms with van der Waals surface area (Å²) in [5.74, 6) is 0.213. The van der Waals surface area contributed by atoms with Gasteiger partial charge in [0.25, 0.3) is 5.91 Å². The lowest BCUT2D eigenvalue weighted by Crippen LogP contribution is -2.25. The van der Waals surface area contributed by atoms with Gasteiger partial charge in [0.2, 0.25) is 5.91 Å². The van der Waals surface area contributed by atoms with E-state index >= 15 is 0 Å². The van der Waals surface area contributed by atoms with Crippen LogP contribution in [0.2, 0.25) is 0 Å². The van der Waals surface area contributed by atoms with Crippen molar-refractivity contribution in [2.75, 3.05) is 13.7 Å². The van der Waals surface area contributed by atoms with Crippen molar-refractivity contribution in [3.05, 3.63) is 65.9 Å². The molecule has 2 aromatic carbocycles. The van der Waals surface area contributed by atoms with Gasteiger partial charge in [0.15, 0.2) is 0 Å². The van der Waals surface area contributed by atoms with Crippen molar-refractivity contribution in [3.8, 4) is 28.1 Å². The van der Waals surface area contributed by atoms with Crippen molar-refractivity contribution in [1.29, 1.82) is 0 Å². The number of hydrogen-bond donors (Lipinski definition) is 4. The highest BCUT2D eigenvalue weighted by Crippen LogP contribution is 2.35. The zero-order valence-electron chi connectivity index (χ0n) is 18.4. The highest BCUT2D eigenvalue weighted by Gasteiger charge is 2.21. The lowest BCUT2D eigenvalue weighted by atomic mass is 9.98. The first-order chi connectivity index (χ1) is 15.5. The van der Waals surface area contributed by atoms with Crippen LogP contribution >= 0.6 is 0 Å². The molecule has 0 bridgehead atoms. The second kappa shape index (κ2) is 11.2. The molecule has 0 aliphatic rings. The number of carbonyl (C=O) groups excluding carboxylic acids is 2. The Morgan fingerprint density at radius 2 is 1.69 bits per heavy atom. The third kappa shape index (κ3) is 5.56. The Labute approximate surface area is 187 Å². The molecular weight excluding hydrogens is 406 g/mol. The molecule has 0 aliphatic carbocycles. The monoisotopic (exact) mass is 435 g/mol. The maximum Gasteiger partial charge on any atom is 0.268 e. The Balaban J connectivity index is 1.79. The number of benzene rings is 2. The predicted molar refractivity (Wildman–Crippen MR) is 124 cm³/mol. The molecule has 0 fully saturated rings. The summed E-state index contributed by atoms with van der Waals surface area (Å²) in [5.41, 5.74) is 6.88. The molecule has 3 rings (SSSR count). The van der Waals surface area contributed by atoms with E-state index in [1.165, 1.54) is 0 Å². The molecule has 32 heavy (non-hydrogen) atoms. The molecule has 0 saturated heterocycles. The van der Waals surface area contributed by atoms with Gasteiger partial charge < -0.3 is 15.0 Å². The quantitative estimate of drug-likeness (QED) is 0.214. The fourth-order valence-electron chi connectivity index (χ4n) is 3.71. The van der Waals surface area contributed by atoms with Crippen molar-refractivity contribution < 1.29 is 19.5 Å². The van der Waals surface area contributed by atoms with Crippen LogP contribution in [0.5, 0.6) is 5.75 Å². The lowest BCUT2D eigenvalue weighted by Gasteiger charge is -2.08. The SMILES string of the molecule is COc1ccc(-c2[nH]c(C(=O)NCCCCCC(=O)NO)c(-c3ccccc3)c2C)cc1. The molecule has 2 amide bonds. The second-order valence-corrected chi connectivity index (χ2v) is 7.57. The van der Waals surface area contributed by atoms with Gasteiger partial charge in [-0.05, 0) is 60.7 Å². The fourth-order valence-corrected chi connectivity index (χ4v) is 3.71. The van der Waals surface area contributed by atoms with Crippen molar-refractivity contribution >= 4 is 11.8 Å². The molecule has 1 heterocycles. The van der Waals surface area contributed by atoms with E-state index in [0.29, 0.717) is 18.7 Å². The van der Waals surface area contributed by atoms with Gasteiger partial charge in [-0.1, -0.05) is 36.8 Å². The van der Waals surface area contributed by atoms with Crippen LogP contribution in [0.3, 0.4) is 0 Å². The molecule has 3 aromatic rings. The molecule has 168 valence electrons. The van der Waals surface area contributed by atoms with Crippen LogP contribution in [0.4, 0.5) is 0 Å². The lowest BCUT2D eigenvalue weighted by molar-refractivity contribution is -0.129. The van der Waals surface area contributed by atoms with Crippen LogP contribution in [0.1, 0.15) is 41.7 Å². The maximum absolute atomic E-state index is 13.1. The van der Waals surface area contributed by atoms with Gasteiger partial charge in [0.05, 0.1) is 7.11 Å². The topological polar surface area (TPSA) is 103 Å². The van der Waals surface area contributed by atoms with E-state index in [-0.39, 0.29) is 12.3 Å². The molecule has 4 N–H and O–H groups in total. The van der Waals surface area contributed by atoms with E-state index in [2.05, 4.69) is 10.3 Å². The molecular formula is C25H29N3O4. The van der Waals surface area contributed by atoms with Gasteiger partial charge in [-0.3, -0.25) is 14.8 Å². The smallest absolute Gasteiger partial charge is 0.268 e. The molecule has 0 saturated carbocycles. The third-order valence-corrected chi connectivity index (χ3v) is 5.41. The number of aromatic amines is 1. The molecule has 0 unspecified atom stereocenters. The van der Waals surface area contributed by atoms with Crippen LogP contribution in [0.15, 0.2) is 54.6 Å². The molecule has 7 nitrogen and oxygen atoms in total. The van der Waals surface area contributed by atoms with E-state index in [9.17, 15) is 9.59 Å². The fraction of sp³-hybridized carbons (Fsp3) is 0.280. The van der Waals surface area contributed by atoms with Crippen molar-refractivity contribution in [3.63, 3.8) is 0 Å². The van der Waals surface area contributed by atoms with Crippen LogP contribution < -0.4 is 15.5 Å². The Morgan fingerprint density at radius 3 is 2.34 bits per heavy atom. The molecule has 7 heteroatoms. The zero-order chi connectivity index (χ0) is 22.9. The summed E-state index contributed by atoms with van der Waals surface area (Å²) in [6.45, 7) is 2.52. The number of hydrogen-bond acceptors (Lipinski definition) is 4. The van der Waals surface area contributed by atoms with Crippen LogP contribution in [-0.2, 0) is 4.79 Å². The van der Waals surface area contributed by atoms with Crippen LogP contribution in [-0.4, -0.2) is 35.7 Å². The van der Waals surface area contributed by atoms with Gasteiger partial charge >= 0.3 is 0 Å². The van der Waals surface area contributed by atoms with Gasteiger partial charge in [0, 0.05) is 24.2 Å². The Bertz CT molecular complexity index is 1040. The van der Waals surface area contributed by atoms with Gasteiger partial charge in [-0.2, -0.15) is 0 Å². The predicted octanol–water partition coefficient (Wildman–Crippen LogP) is 4.46.